The zero-order valence-electron chi connectivity index (χ0n) is 9.58. The van der Waals surface area contributed by atoms with Gasteiger partial charge in [0.25, 0.3) is 0 Å². The van der Waals surface area contributed by atoms with Crippen LogP contribution in [0.5, 0.6) is 0 Å². The van der Waals surface area contributed by atoms with Gasteiger partial charge >= 0.3 is 6.18 Å². The molecule has 0 fully saturated rings. The van der Waals surface area contributed by atoms with Crippen molar-refractivity contribution in [2.45, 2.75) is 20.0 Å². The van der Waals surface area contributed by atoms with E-state index in [1.807, 2.05) is 0 Å². The summed E-state index contributed by atoms with van der Waals surface area (Å²) >= 11 is 0. The topological polar surface area (TPSA) is 33.2 Å². The minimum Gasteiger partial charge on any atom is -0.348 e. The predicted octanol–water partition coefficient (Wildman–Crippen LogP) is 2.67. The van der Waals surface area contributed by atoms with E-state index in [4.69, 9.17) is 0 Å². The average molecular weight is 246 g/mol. The number of hydrogen-bond donors (Lipinski definition) is 0. The molecule has 17 heavy (non-hydrogen) atoms. The lowest BCUT2D eigenvalue weighted by atomic mass is 10.2. The minimum atomic E-state index is -4.27. The first-order chi connectivity index (χ1) is 7.83. The molecule has 0 spiro atoms. The van der Waals surface area contributed by atoms with Crippen LogP contribution in [0.25, 0.3) is 0 Å². The Morgan fingerprint density at radius 2 is 2.06 bits per heavy atom. The summed E-state index contributed by atoms with van der Waals surface area (Å²) in [6.45, 7) is 2.15. The molecule has 1 heterocycles. The van der Waals surface area contributed by atoms with Gasteiger partial charge in [-0.25, -0.2) is 4.98 Å². The van der Waals surface area contributed by atoms with Crippen molar-refractivity contribution in [1.29, 1.82) is 0 Å². The van der Waals surface area contributed by atoms with Crippen LogP contribution in [0, 0.1) is 0 Å². The van der Waals surface area contributed by atoms with E-state index < -0.39 is 12.7 Å². The van der Waals surface area contributed by atoms with Crippen LogP contribution in [-0.2, 0) is 0 Å². The van der Waals surface area contributed by atoms with Crippen molar-refractivity contribution < 1.29 is 18.0 Å². The molecule has 1 aromatic heterocycles. The van der Waals surface area contributed by atoms with Crippen molar-refractivity contribution in [3.05, 3.63) is 23.9 Å². The van der Waals surface area contributed by atoms with Gasteiger partial charge in [0.1, 0.15) is 12.4 Å². The van der Waals surface area contributed by atoms with Gasteiger partial charge in [-0.1, -0.05) is 0 Å². The zero-order chi connectivity index (χ0) is 13.1. The molecule has 0 N–H and O–H groups in total. The van der Waals surface area contributed by atoms with Crippen LogP contribution < -0.4 is 4.90 Å². The van der Waals surface area contributed by atoms with Crippen LogP contribution in [-0.4, -0.2) is 30.0 Å². The number of carbonyl (C=O) groups excluding carboxylic acids is 1. The number of hydrogen-bond acceptors (Lipinski definition) is 3. The Balaban J connectivity index is 2.86. The van der Waals surface area contributed by atoms with E-state index >= 15 is 0 Å². The van der Waals surface area contributed by atoms with E-state index in [0.29, 0.717) is 5.56 Å². The van der Waals surface area contributed by atoms with Gasteiger partial charge in [-0.3, -0.25) is 4.79 Å². The quantitative estimate of drug-likeness (QED) is 0.766. The van der Waals surface area contributed by atoms with E-state index in [2.05, 4.69) is 4.98 Å². The number of rotatable bonds is 4. The first-order valence-corrected chi connectivity index (χ1v) is 5.12. The predicted molar refractivity (Wildman–Crippen MR) is 58.2 cm³/mol. The molecule has 0 saturated carbocycles. The lowest BCUT2D eigenvalue weighted by molar-refractivity contribution is -0.119. The highest BCUT2D eigenvalue weighted by molar-refractivity contribution is 5.93. The number of alkyl halides is 3. The van der Waals surface area contributed by atoms with Gasteiger partial charge in [0.05, 0.1) is 0 Å². The molecule has 6 heteroatoms. The summed E-state index contributed by atoms with van der Waals surface area (Å²) in [6, 6.07) is 2.90. The van der Waals surface area contributed by atoms with E-state index in [1.165, 1.54) is 25.3 Å². The van der Waals surface area contributed by atoms with Crippen molar-refractivity contribution in [3.8, 4) is 0 Å². The number of aromatic nitrogens is 1. The van der Waals surface area contributed by atoms with E-state index in [1.54, 1.807) is 6.92 Å². The Morgan fingerprint density at radius 1 is 1.41 bits per heavy atom. The first-order valence-electron chi connectivity index (χ1n) is 5.12. The molecule has 0 amide bonds. The first kappa shape index (κ1) is 13.5. The molecule has 0 aliphatic rings. The smallest absolute Gasteiger partial charge is 0.348 e. The second-order valence-corrected chi connectivity index (χ2v) is 3.59. The highest BCUT2D eigenvalue weighted by atomic mass is 19.4. The highest BCUT2D eigenvalue weighted by Gasteiger charge is 2.30. The maximum atomic E-state index is 12.3. The number of ketones is 1. The second kappa shape index (κ2) is 5.16. The average Bonchev–Trinajstić information content (AvgIpc) is 2.25. The molecule has 3 nitrogen and oxygen atoms in total. The maximum absolute atomic E-state index is 12.3. The Bertz CT molecular complexity index is 387. The van der Waals surface area contributed by atoms with Crippen LogP contribution in [0.4, 0.5) is 19.0 Å². The van der Waals surface area contributed by atoms with Crippen molar-refractivity contribution in [2.75, 3.05) is 18.0 Å². The molecule has 0 aliphatic heterocycles. The fourth-order valence-corrected chi connectivity index (χ4v) is 1.35. The number of Topliss-reactive ketones (excluding diaryl/α,β-unsaturated/α-hetero) is 1. The molecular weight excluding hydrogens is 233 g/mol. The van der Waals surface area contributed by atoms with Crippen LogP contribution in [0.2, 0.25) is 0 Å². The van der Waals surface area contributed by atoms with Crippen molar-refractivity contribution >= 4 is 11.6 Å². The number of pyridine rings is 1. The van der Waals surface area contributed by atoms with Gasteiger partial charge in [0, 0.05) is 18.3 Å². The third-order valence-electron chi connectivity index (χ3n) is 2.23. The van der Waals surface area contributed by atoms with Crippen LogP contribution >= 0.6 is 0 Å². The molecule has 0 unspecified atom stereocenters. The van der Waals surface area contributed by atoms with Gasteiger partial charge < -0.3 is 4.90 Å². The van der Waals surface area contributed by atoms with E-state index in [0.717, 1.165) is 4.90 Å². The summed E-state index contributed by atoms with van der Waals surface area (Å²) in [5.41, 5.74) is 0.386. The normalized spacial score (nSPS) is 11.4. The molecule has 0 atom stereocenters. The van der Waals surface area contributed by atoms with Gasteiger partial charge in [-0.05, 0) is 26.0 Å². The Kier molecular flexibility index (Phi) is 4.09. The number of halogens is 3. The largest absolute Gasteiger partial charge is 0.405 e. The summed E-state index contributed by atoms with van der Waals surface area (Å²) in [6.07, 6.45) is -2.98. The third kappa shape index (κ3) is 4.05. The zero-order valence-corrected chi connectivity index (χ0v) is 9.58. The molecule has 0 radical (unpaired) electrons. The van der Waals surface area contributed by atoms with Gasteiger partial charge in [-0.15, -0.1) is 0 Å². The lowest BCUT2D eigenvalue weighted by Crippen LogP contribution is -2.34. The van der Waals surface area contributed by atoms with Crippen molar-refractivity contribution in [3.63, 3.8) is 0 Å². The SMILES string of the molecule is CCN(CC(F)(F)F)c1ccc(C(C)=O)cn1. The number of carbonyl (C=O) groups is 1. The standard InChI is InChI=1S/C11H13F3N2O/c1-3-16(7-11(12,13)14)10-5-4-9(6-15-10)8(2)17/h4-6H,3,7H2,1-2H3. The summed E-state index contributed by atoms with van der Waals surface area (Å²) in [5, 5.41) is 0. The monoisotopic (exact) mass is 246 g/mol. The number of anilines is 1. The van der Waals surface area contributed by atoms with Crippen molar-refractivity contribution in [1.82, 2.24) is 4.98 Å². The fraction of sp³-hybridized carbons (Fsp3) is 0.455. The Morgan fingerprint density at radius 3 is 2.41 bits per heavy atom. The maximum Gasteiger partial charge on any atom is 0.405 e. The highest BCUT2D eigenvalue weighted by Crippen LogP contribution is 2.20. The van der Waals surface area contributed by atoms with Gasteiger partial charge in [-0.2, -0.15) is 13.2 Å². The van der Waals surface area contributed by atoms with Gasteiger partial charge in [0.15, 0.2) is 5.78 Å². The fourth-order valence-electron chi connectivity index (χ4n) is 1.35. The van der Waals surface area contributed by atoms with Crippen molar-refractivity contribution in [2.24, 2.45) is 0 Å². The second-order valence-electron chi connectivity index (χ2n) is 3.59. The number of nitrogens with zero attached hydrogens (tertiary/aromatic N) is 2. The molecule has 0 bridgehead atoms. The molecule has 1 rings (SSSR count). The summed E-state index contributed by atoms with van der Waals surface area (Å²) in [4.78, 5) is 16.0. The van der Waals surface area contributed by atoms with Gasteiger partial charge in [0.2, 0.25) is 0 Å². The third-order valence-corrected chi connectivity index (χ3v) is 2.23. The van der Waals surface area contributed by atoms with Crippen LogP contribution in [0.3, 0.4) is 0 Å². The van der Waals surface area contributed by atoms with E-state index in [9.17, 15) is 18.0 Å². The molecule has 94 valence electrons. The van der Waals surface area contributed by atoms with E-state index in [-0.39, 0.29) is 18.1 Å². The van der Waals surface area contributed by atoms with Crippen LogP contribution in [0.15, 0.2) is 18.3 Å². The molecular formula is C11H13F3N2O. The minimum absolute atomic E-state index is 0.164. The summed E-state index contributed by atoms with van der Waals surface area (Å²) in [7, 11) is 0. The molecule has 0 saturated heterocycles. The molecule has 0 aliphatic carbocycles. The molecule has 0 aromatic carbocycles. The van der Waals surface area contributed by atoms with Crippen LogP contribution in [0.1, 0.15) is 24.2 Å². The summed E-state index contributed by atoms with van der Waals surface area (Å²) < 4.78 is 36.8. The summed E-state index contributed by atoms with van der Waals surface area (Å²) in [5.74, 6) is 0.0535. The lowest BCUT2D eigenvalue weighted by Gasteiger charge is -2.23. The molecule has 1 aromatic rings. The Labute approximate surface area is 97.3 Å². The Hall–Kier alpha value is -1.59.